The summed E-state index contributed by atoms with van der Waals surface area (Å²) < 4.78 is 0. The molecule has 1 aliphatic carbocycles. The molecule has 2 atom stereocenters. The minimum Gasteiger partial charge on any atom is -0.394 e. The normalized spacial score (nSPS) is 23.2. The fraction of sp³-hybridized carbons (Fsp3) is 1.00. The molecule has 16 heavy (non-hydrogen) atoms. The summed E-state index contributed by atoms with van der Waals surface area (Å²) in [4.78, 5) is 0. The third-order valence-electron chi connectivity index (χ3n) is 4.28. The van der Waals surface area contributed by atoms with Crippen LogP contribution in [-0.4, -0.2) is 23.3 Å². The second kappa shape index (κ2) is 6.61. The highest BCUT2D eigenvalue weighted by atomic mass is 16.3. The Hall–Kier alpha value is -0.0800. The maximum Gasteiger partial charge on any atom is 0.0613 e. The van der Waals surface area contributed by atoms with Crippen LogP contribution in [0.4, 0.5) is 0 Å². The van der Waals surface area contributed by atoms with E-state index in [2.05, 4.69) is 26.1 Å². The van der Waals surface area contributed by atoms with Crippen molar-refractivity contribution in [2.24, 2.45) is 5.92 Å². The first-order valence-electron chi connectivity index (χ1n) is 7.04. The Morgan fingerprint density at radius 3 is 2.38 bits per heavy atom. The van der Waals surface area contributed by atoms with E-state index >= 15 is 0 Å². The second-order valence-corrected chi connectivity index (χ2v) is 5.64. The maximum atomic E-state index is 9.72. The third-order valence-corrected chi connectivity index (χ3v) is 4.28. The average Bonchev–Trinajstić information content (AvgIpc) is 2.80. The smallest absolute Gasteiger partial charge is 0.0613 e. The van der Waals surface area contributed by atoms with Gasteiger partial charge in [0.05, 0.1) is 6.61 Å². The Kier molecular flexibility index (Phi) is 5.77. The van der Waals surface area contributed by atoms with Gasteiger partial charge in [0.25, 0.3) is 0 Å². The Balaban J connectivity index is 2.54. The molecule has 2 unspecified atom stereocenters. The van der Waals surface area contributed by atoms with E-state index in [4.69, 9.17) is 0 Å². The van der Waals surface area contributed by atoms with Gasteiger partial charge in [-0.1, -0.05) is 40.0 Å². The Labute approximate surface area is 101 Å². The van der Waals surface area contributed by atoms with Gasteiger partial charge in [-0.2, -0.15) is 0 Å². The summed E-state index contributed by atoms with van der Waals surface area (Å²) in [5.41, 5.74) is -0.0234. The molecule has 2 nitrogen and oxygen atoms in total. The van der Waals surface area contributed by atoms with Crippen molar-refractivity contribution >= 4 is 0 Å². The SMILES string of the molecule is CCC(C)CC(CC)(CO)NC1CCCC1. The fourth-order valence-electron chi connectivity index (χ4n) is 2.84. The summed E-state index contributed by atoms with van der Waals surface area (Å²) in [6.45, 7) is 7.00. The second-order valence-electron chi connectivity index (χ2n) is 5.64. The monoisotopic (exact) mass is 227 g/mol. The van der Waals surface area contributed by atoms with Crippen LogP contribution in [0.5, 0.6) is 0 Å². The molecule has 0 radical (unpaired) electrons. The van der Waals surface area contributed by atoms with Gasteiger partial charge in [-0.3, -0.25) is 0 Å². The molecule has 0 saturated heterocycles. The highest BCUT2D eigenvalue weighted by molar-refractivity contribution is 4.91. The zero-order valence-electron chi connectivity index (χ0n) is 11.3. The lowest BCUT2D eigenvalue weighted by molar-refractivity contribution is 0.118. The summed E-state index contributed by atoms with van der Waals surface area (Å²) >= 11 is 0. The number of hydrogen-bond donors (Lipinski definition) is 2. The topological polar surface area (TPSA) is 32.3 Å². The first kappa shape index (κ1) is 14.0. The van der Waals surface area contributed by atoms with Crippen molar-refractivity contribution in [3.05, 3.63) is 0 Å². The van der Waals surface area contributed by atoms with Gasteiger partial charge in [0.2, 0.25) is 0 Å². The van der Waals surface area contributed by atoms with Gasteiger partial charge in [0.1, 0.15) is 0 Å². The van der Waals surface area contributed by atoms with Gasteiger partial charge in [-0.15, -0.1) is 0 Å². The van der Waals surface area contributed by atoms with Gasteiger partial charge in [0.15, 0.2) is 0 Å². The van der Waals surface area contributed by atoms with Crippen LogP contribution >= 0.6 is 0 Å². The van der Waals surface area contributed by atoms with E-state index in [0.717, 1.165) is 12.8 Å². The van der Waals surface area contributed by atoms with Crippen molar-refractivity contribution in [1.82, 2.24) is 5.32 Å². The zero-order chi connectivity index (χ0) is 12.0. The molecular weight excluding hydrogens is 198 g/mol. The molecule has 1 rings (SSSR count). The van der Waals surface area contributed by atoms with Crippen LogP contribution < -0.4 is 5.32 Å². The number of hydrogen-bond acceptors (Lipinski definition) is 2. The van der Waals surface area contributed by atoms with Crippen molar-refractivity contribution < 1.29 is 5.11 Å². The molecule has 0 aromatic carbocycles. The van der Waals surface area contributed by atoms with E-state index in [0.29, 0.717) is 12.0 Å². The Bertz CT molecular complexity index is 183. The molecule has 1 aliphatic rings. The first-order valence-corrected chi connectivity index (χ1v) is 7.04. The van der Waals surface area contributed by atoms with E-state index in [1.54, 1.807) is 0 Å². The van der Waals surface area contributed by atoms with Crippen LogP contribution in [0.1, 0.15) is 65.7 Å². The molecule has 1 saturated carbocycles. The lowest BCUT2D eigenvalue weighted by atomic mass is 9.84. The minimum atomic E-state index is -0.0234. The predicted octanol–water partition coefficient (Wildman–Crippen LogP) is 3.10. The molecule has 96 valence electrons. The lowest BCUT2D eigenvalue weighted by Crippen LogP contribution is -2.53. The van der Waals surface area contributed by atoms with E-state index in [9.17, 15) is 5.11 Å². The number of nitrogens with one attached hydrogen (secondary N) is 1. The van der Waals surface area contributed by atoms with Gasteiger partial charge >= 0.3 is 0 Å². The standard InChI is InChI=1S/C14H29NO/c1-4-12(3)10-14(5-2,11-16)15-13-8-6-7-9-13/h12-13,15-16H,4-11H2,1-3H3. The number of rotatable bonds is 7. The summed E-state index contributed by atoms with van der Waals surface area (Å²) in [6.07, 6.45) is 8.63. The molecule has 2 N–H and O–H groups in total. The summed E-state index contributed by atoms with van der Waals surface area (Å²) in [5, 5.41) is 13.5. The summed E-state index contributed by atoms with van der Waals surface area (Å²) in [5.74, 6) is 0.695. The van der Waals surface area contributed by atoms with Crippen LogP contribution in [0, 0.1) is 5.92 Å². The molecule has 0 aromatic heterocycles. The highest BCUT2D eigenvalue weighted by Gasteiger charge is 2.32. The molecule has 2 heteroatoms. The van der Waals surface area contributed by atoms with Gasteiger partial charge < -0.3 is 10.4 Å². The number of aliphatic hydroxyl groups is 1. The lowest BCUT2D eigenvalue weighted by Gasteiger charge is -2.37. The van der Waals surface area contributed by atoms with Crippen LogP contribution in [-0.2, 0) is 0 Å². The molecule has 0 amide bonds. The van der Waals surface area contributed by atoms with Crippen molar-refractivity contribution in [2.45, 2.75) is 77.3 Å². The van der Waals surface area contributed by atoms with Crippen molar-refractivity contribution in [3.8, 4) is 0 Å². The molecule has 0 aliphatic heterocycles. The van der Waals surface area contributed by atoms with Crippen molar-refractivity contribution in [2.75, 3.05) is 6.61 Å². The fourth-order valence-corrected chi connectivity index (χ4v) is 2.84. The predicted molar refractivity (Wildman–Crippen MR) is 69.6 cm³/mol. The van der Waals surface area contributed by atoms with E-state index in [1.807, 2.05) is 0 Å². The third kappa shape index (κ3) is 3.74. The van der Waals surface area contributed by atoms with Crippen LogP contribution in [0.25, 0.3) is 0 Å². The molecule has 0 spiro atoms. The van der Waals surface area contributed by atoms with Crippen molar-refractivity contribution in [3.63, 3.8) is 0 Å². The molecule has 0 aromatic rings. The molecular formula is C14H29NO. The van der Waals surface area contributed by atoms with E-state index < -0.39 is 0 Å². The quantitative estimate of drug-likeness (QED) is 0.700. The maximum absolute atomic E-state index is 9.72. The zero-order valence-corrected chi connectivity index (χ0v) is 11.3. The summed E-state index contributed by atoms with van der Waals surface area (Å²) in [7, 11) is 0. The van der Waals surface area contributed by atoms with E-state index in [-0.39, 0.29) is 12.1 Å². The molecule has 1 fully saturated rings. The Morgan fingerprint density at radius 1 is 1.31 bits per heavy atom. The van der Waals surface area contributed by atoms with Crippen LogP contribution in [0.3, 0.4) is 0 Å². The largest absolute Gasteiger partial charge is 0.394 e. The van der Waals surface area contributed by atoms with Crippen LogP contribution in [0.2, 0.25) is 0 Å². The average molecular weight is 227 g/mol. The van der Waals surface area contributed by atoms with Crippen molar-refractivity contribution in [1.29, 1.82) is 0 Å². The van der Waals surface area contributed by atoms with E-state index in [1.165, 1.54) is 32.1 Å². The Morgan fingerprint density at radius 2 is 1.94 bits per heavy atom. The van der Waals surface area contributed by atoms with Crippen LogP contribution in [0.15, 0.2) is 0 Å². The highest BCUT2D eigenvalue weighted by Crippen LogP contribution is 2.27. The number of aliphatic hydroxyl groups excluding tert-OH is 1. The minimum absolute atomic E-state index is 0.0234. The first-order chi connectivity index (χ1) is 7.65. The van der Waals surface area contributed by atoms with Gasteiger partial charge in [-0.05, 0) is 31.6 Å². The molecule has 0 bridgehead atoms. The van der Waals surface area contributed by atoms with Gasteiger partial charge in [-0.25, -0.2) is 0 Å². The van der Waals surface area contributed by atoms with Gasteiger partial charge in [0, 0.05) is 11.6 Å². The summed E-state index contributed by atoms with van der Waals surface area (Å²) in [6, 6.07) is 0.649. The molecule has 0 heterocycles.